The van der Waals surface area contributed by atoms with Gasteiger partial charge in [-0.3, -0.25) is 0 Å². The van der Waals surface area contributed by atoms with Crippen LogP contribution in [0.15, 0.2) is 40.5 Å². The lowest BCUT2D eigenvalue weighted by Gasteiger charge is -2.04. The number of aryl methyl sites for hydroxylation is 1. The van der Waals surface area contributed by atoms with Crippen LogP contribution in [0, 0.1) is 6.92 Å². The maximum atomic E-state index is 5.84. The van der Waals surface area contributed by atoms with Gasteiger partial charge >= 0.3 is 0 Å². The van der Waals surface area contributed by atoms with E-state index in [1.54, 1.807) is 24.2 Å². The lowest BCUT2D eigenvalue weighted by atomic mass is 10.3. The normalized spacial score (nSPS) is 10.4. The van der Waals surface area contributed by atoms with Crippen molar-refractivity contribution >= 4 is 35.0 Å². The summed E-state index contributed by atoms with van der Waals surface area (Å²) in [7, 11) is 0. The van der Waals surface area contributed by atoms with Gasteiger partial charge in [-0.05, 0) is 30.7 Å². The second-order valence-corrected chi connectivity index (χ2v) is 5.08. The van der Waals surface area contributed by atoms with Gasteiger partial charge in [-0.1, -0.05) is 35.0 Å². The monoisotopic (exact) mass is 270 g/mol. The number of rotatable bonds is 2. The predicted molar refractivity (Wildman–Crippen MR) is 67.4 cm³/mol. The van der Waals surface area contributed by atoms with Crippen molar-refractivity contribution in [2.75, 3.05) is 0 Å². The van der Waals surface area contributed by atoms with Crippen LogP contribution in [-0.4, -0.2) is 9.97 Å². The Morgan fingerprint density at radius 3 is 2.62 bits per heavy atom. The van der Waals surface area contributed by atoms with E-state index in [1.807, 2.05) is 25.1 Å². The molecule has 2 heterocycles. The van der Waals surface area contributed by atoms with Crippen molar-refractivity contribution in [3.63, 3.8) is 0 Å². The zero-order valence-electron chi connectivity index (χ0n) is 8.45. The highest BCUT2D eigenvalue weighted by Crippen LogP contribution is 2.30. The molecule has 0 atom stereocenters. The van der Waals surface area contributed by atoms with Crippen LogP contribution in [0.2, 0.25) is 10.2 Å². The molecule has 0 saturated heterocycles. The van der Waals surface area contributed by atoms with Gasteiger partial charge in [0.25, 0.3) is 0 Å². The minimum Gasteiger partial charge on any atom is -0.248 e. The van der Waals surface area contributed by atoms with Crippen molar-refractivity contribution in [1.82, 2.24) is 9.97 Å². The number of pyridine rings is 2. The third kappa shape index (κ3) is 2.88. The van der Waals surface area contributed by atoms with Gasteiger partial charge in [0.2, 0.25) is 0 Å². The molecule has 0 radical (unpaired) electrons. The van der Waals surface area contributed by atoms with Gasteiger partial charge in [0.05, 0.1) is 5.02 Å². The van der Waals surface area contributed by atoms with Crippen molar-refractivity contribution in [2.24, 2.45) is 0 Å². The van der Waals surface area contributed by atoms with Gasteiger partial charge in [0.1, 0.15) is 10.2 Å². The Kier molecular flexibility index (Phi) is 3.69. The Bertz CT molecular complexity index is 500. The minimum atomic E-state index is 0.488. The number of hydrogen-bond donors (Lipinski definition) is 0. The highest BCUT2D eigenvalue weighted by Gasteiger charge is 2.04. The first kappa shape index (κ1) is 11.7. The number of nitrogens with zero attached hydrogens (tertiary/aromatic N) is 2. The number of halogens is 2. The molecule has 0 amide bonds. The van der Waals surface area contributed by atoms with Crippen LogP contribution >= 0.6 is 35.0 Å². The Labute approximate surface area is 108 Å². The van der Waals surface area contributed by atoms with E-state index in [4.69, 9.17) is 23.2 Å². The summed E-state index contributed by atoms with van der Waals surface area (Å²) in [6.45, 7) is 1.99. The smallest absolute Gasteiger partial charge is 0.130 e. The molecule has 82 valence electrons. The molecule has 0 spiro atoms. The Hall–Kier alpha value is -0.770. The second kappa shape index (κ2) is 5.04. The Morgan fingerprint density at radius 1 is 1.12 bits per heavy atom. The van der Waals surface area contributed by atoms with E-state index < -0.39 is 0 Å². The quantitative estimate of drug-likeness (QED) is 0.764. The molecule has 0 aromatic carbocycles. The van der Waals surface area contributed by atoms with Crippen molar-refractivity contribution in [2.45, 2.75) is 16.8 Å². The lowest BCUT2D eigenvalue weighted by Crippen LogP contribution is -1.85. The molecule has 0 saturated carbocycles. The van der Waals surface area contributed by atoms with Crippen LogP contribution in [0.25, 0.3) is 0 Å². The van der Waals surface area contributed by atoms with Crippen LogP contribution in [0.5, 0.6) is 0 Å². The first-order valence-corrected chi connectivity index (χ1v) is 6.14. The predicted octanol–water partition coefficient (Wildman–Crippen LogP) is 4.24. The van der Waals surface area contributed by atoms with Gasteiger partial charge in [0.15, 0.2) is 0 Å². The van der Waals surface area contributed by atoms with E-state index in [-0.39, 0.29) is 0 Å². The standard InChI is InChI=1S/C11H8Cl2N2S/c1-7-5-14-10(13)4-9(7)16-11-3-2-8(12)6-15-11/h2-6H,1H3. The zero-order valence-corrected chi connectivity index (χ0v) is 10.8. The molecule has 0 aliphatic heterocycles. The van der Waals surface area contributed by atoms with Crippen molar-refractivity contribution in [3.05, 3.63) is 46.3 Å². The zero-order chi connectivity index (χ0) is 11.5. The summed E-state index contributed by atoms with van der Waals surface area (Å²) in [6, 6.07) is 5.52. The molecule has 0 fully saturated rings. The first-order chi connectivity index (χ1) is 7.65. The topological polar surface area (TPSA) is 25.8 Å². The lowest BCUT2D eigenvalue weighted by molar-refractivity contribution is 1.12. The first-order valence-electron chi connectivity index (χ1n) is 4.57. The number of aromatic nitrogens is 2. The van der Waals surface area contributed by atoms with E-state index in [1.165, 1.54) is 0 Å². The van der Waals surface area contributed by atoms with Crippen LogP contribution in [0.4, 0.5) is 0 Å². The molecular weight excluding hydrogens is 263 g/mol. The fraction of sp³-hybridized carbons (Fsp3) is 0.0909. The van der Waals surface area contributed by atoms with Gasteiger partial charge in [-0.25, -0.2) is 9.97 Å². The summed E-state index contributed by atoms with van der Waals surface area (Å²) in [4.78, 5) is 9.27. The van der Waals surface area contributed by atoms with Crippen LogP contribution < -0.4 is 0 Å². The van der Waals surface area contributed by atoms with Gasteiger partial charge < -0.3 is 0 Å². The summed E-state index contributed by atoms with van der Waals surface area (Å²) in [5.74, 6) is 0. The molecule has 0 aliphatic rings. The average Bonchev–Trinajstić information content (AvgIpc) is 2.27. The number of hydrogen-bond acceptors (Lipinski definition) is 3. The Balaban J connectivity index is 2.26. The Morgan fingerprint density at radius 2 is 1.94 bits per heavy atom. The van der Waals surface area contributed by atoms with Gasteiger partial charge in [-0.15, -0.1) is 0 Å². The molecular formula is C11H8Cl2N2S. The molecule has 0 bridgehead atoms. The maximum Gasteiger partial charge on any atom is 0.130 e. The third-order valence-electron chi connectivity index (χ3n) is 1.94. The van der Waals surface area contributed by atoms with Crippen molar-refractivity contribution in [1.29, 1.82) is 0 Å². The van der Waals surface area contributed by atoms with Crippen molar-refractivity contribution < 1.29 is 0 Å². The third-order valence-corrected chi connectivity index (χ3v) is 3.48. The molecule has 0 N–H and O–H groups in total. The van der Waals surface area contributed by atoms with Crippen molar-refractivity contribution in [3.8, 4) is 0 Å². The van der Waals surface area contributed by atoms with E-state index in [9.17, 15) is 0 Å². The second-order valence-electron chi connectivity index (χ2n) is 3.19. The van der Waals surface area contributed by atoms with E-state index >= 15 is 0 Å². The molecule has 16 heavy (non-hydrogen) atoms. The highest BCUT2D eigenvalue weighted by atomic mass is 35.5. The van der Waals surface area contributed by atoms with Crippen LogP contribution in [-0.2, 0) is 0 Å². The summed E-state index contributed by atoms with van der Waals surface area (Å²) < 4.78 is 0. The van der Waals surface area contributed by atoms with Crippen LogP contribution in [0.3, 0.4) is 0 Å². The van der Waals surface area contributed by atoms with E-state index in [2.05, 4.69) is 9.97 Å². The summed E-state index contributed by atoms with van der Waals surface area (Å²) in [5, 5.41) is 2.01. The molecule has 0 unspecified atom stereocenters. The van der Waals surface area contributed by atoms with E-state index in [0.29, 0.717) is 10.2 Å². The fourth-order valence-electron chi connectivity index (χ4n) is 1.13. The molecule has 5 heteroatoms. The highest BCUT2D eigenvalue weighted by molar-refractivity contribution is 7.99. The summed E-state index contributed by atoms with van der Waals surface area (Å²) >= 11 is 13.2. The average molecular weight is 271 g/mol. The molecule has 2 rings (SSSR count). The maximum absolute atomic E-state index is 5.84. The summed E-state index contributed by atoms with van der Waals surface area (Å²) in [5.41, 5.74) is 1.08. The summed E-state index contributed by atoms with van der Waals surface area (Å²) in [6.07, 6.45) is 3.38. The fourth-order valence-corrected chi connectivity index (χ4v) is 2.31. The van der Waals surface area contributed by atoms with Crippen LogP contribution in [0.1, 0.15) is 5.56 Å². The molecule has 2 aromatic heterocycles. The molecule has 2 nitrogen and oxygen atoms in total. The molecule has 2 aromatic rings. The van der Waals surface area contributed by atoms with Gasteiger partial charge in [-0.2, -0.15) is 0 Å². The minimum absolute atomic E-state index is 0.488. The van der Waals surface area contributed by atoms with E-state index in [0.717, 1.165) is 15.5 Å². The SMILES string of the molecule is Cc1cnc(Cl)cc1Sc1ccc(Cl)cn1. The van der Waals surface area contributed by atoms with Gasteiger partial charge in [0, 0.05) is 17.3 Å². The largest absolute Gasteiger partial charge is 0.248 e. The molecule has 0 aliphatic carbocycles.